The first-order chi connectivity index (χ1) is 12.3. The lowest BCUT2D eigenvalue weighted by Gasteiger charge is -2.35. The Morgan fingerprint density at radius 1 is 1.04 bits per heavy atom. The summed E-state index contributed by atoms with van der Waals surface area (Å²) in [6.45, 7) is 4.80. The normalized spacial score (nSPS) is 18.2. The van der Waals surface area contributed by atoms with Crippen molar-refractivity contribution in [2.45, 2.75) is 58.2 Å². The van der Waals surface area contributed by atoms with Gasteiger partial charge in [0.15, 0.2) is 0 Å². The lowest BCUT2D eigenvalue weighted by molar-refractivity contribution is 0.0250. The molecule has 0 atom stereocenters. The molecule has 2 heterocycles. The molecule has 4 heteroatoms. The first kappa shape index (κ1) is 16.5. The van der Waals surface area contributed by atoms with Crippen molar-refractivity contribution < 1.29 is 4.74 Å². The Bertz CT molecular complexity index is 709. The quantitative estimate of drug-likeness (QED) is 0.849. The Labute approximate surface area is 150 Å². The second-order valence-corrected chi connectivity index (χ2v) is 7.21. The summed E-state index contributed by atoms with van der Waals surface area (Å²) in [7, 11) is 0. The summed E-state index contributed by atoms with van der Waals surface area (Å²) in [6.07, 6.45) is 7.28. The molecule has 2 aliphatic rings. The van der Waals surface area contributed by atoms with E-state index in [2.05, 4.69) is 34.1 Å². The molecule has 2 aromatic rings. The van der Waals surface area contributed by atoms with Gasteiger partial charge in [-0.3, -0.25) is 0 Å². The largest absolute Gasteiger partial charge is 0.373 e. The van der Waals surface area contributed by atoms with Crippen LogP contribution in [-0.2, 0) is 24.2 Å². The van der Waals surface area contributed by atoms with Gasteiger partial charge in [-0.2, -0.15) is 0 Å². The molecule has 1 saturated heterocycles. The van der Waals surface area contributed by atoms with Crippen molar-refractivity contribution in [3.05, 3.63) is 53.0 Å². The Kier molecular flexibility index (Phi) is 4.97. The van der Waals surface area contributed by atoms with E-state index < -0.39 is 0 Å². The van der Waals surface area contributed by atoms with Crippen LogP contribution in [0.3, 0.4) is 0 Å². The van der Waals surface area contributed by atoms with Crippen molar-refractivity contribution in [2.75, 3.05) is 18.0 Å². The van der Waals surface area contributed by atoms with E-state index in [1.807, 2.05) is 13.0 Å². The summed E-state index contributed by atoms with van der Waals surface area (Å²) in [4.78, 5) is 11.9. The number of piperidine rings is 1. The minimum absolute atomic E-state index is 0.357. The molecule has 25 heavy (non-hydrogen) atoms. The van der Waals surface area contributed by atoms with E-state index in [0.717, 1.165) is 44.6 Å². The van der Waals surface area contributed by atoms with Crippen molar-refractivity contribution in [2.24, 2.45) is 0 Å². The van der Waals surface area contributed by atoms with Gasteiger partial charge >= 0.3 is 0 Å². The SMILES string of the molecule is Cc1nc2c(c(N3CCC(OCc4ccccc4)CC3)n1)CCCC2. The van der Waals surface area contributed by atoms with Crippen molar-refractivity contribution in [1.82, 2.24) is 9.97 Å². The zero-order valence-electron chi connectivity index (χ0n) is 15.1. The minimum Gasteiger partial charge on any atom is -0.373 e. The molecule has 0 N–H and O–H groups in total. The molecule has 1 aliphatic heterocycles. The van der Waals surface area contributed by atoms with Gasteiger partial charge in [-0.15, -0.1) is 0 Å². The Hall–Kier alpha value is -1.94. The molecule has 0 unspecified atom stereocenters. The Morgan fingerprint density at radius 2 is 1.80 bits per heavy atom. The van der Waals surface area contributed by atoms with Crippen LogP contribution in [-0.4, -0.2) is 29.2 Å². The highest BCUT2D eigenvalue weighted by molar-refractivity contribution is 5.50. The second-order valence-electron chi connectivity index (χ2n) is 7.21. The third-order valence-electron chi connectivity index (χ3n) is 5.34. The third kappa shape index (κ3) is 3.84. The van der Waals surface area contributed by atoms with E-state index in [1.54, 1.807) is 0 Å². The van der Waals surface area contributed by atoms with E-state index in [-0.39, 0.29) is 0 Å². The molecule has 0 saturated carbocycles. The number of anilines is 1. The predicted octanol–water partition coefficient (Wildman–Crippen LogP) is 3.85. The van der Waals surface area contributed by atoms with Gasteiger partial charge < -0.3 is 9.64 Å². The molecule has 4 rings (SSSR count). The maximum atomic E-state index is 6.13. The van der Waals surface area contributed by atoms with Crippen LogP contribution >= 0.6 is 0 Å². The topological polar surface area (TPSA) is 38.2 Å². The lowest BCUT2D eigenvalue weighted by Crippen LogP contribution is -2.38. The smallest absolute Gasteiger partial charge is 0.135 e. The molecule has 1 aromatic carbocycles. The number of aryl methyl sites for hydroxylation is 2. The Morgan fingerprint density at radius 3 is 2.60 bits per heavy atom. The molecule has 132 valence electrons. The monoisotopic (exact) mass is 337 g/mol. The second kappa shape index (κ2) is 7.52. The van der Waals surface area contributed by atoms with Gasteiger partial charge in [-0.05, 0) is 51.0 Å². The van der Waals surface area contributed by atoms with E-state index in [9.17, 15) is 0 Å². The summed E-state index contributed by atoms with van der Waals surface area (Å²) in [5, 5.41) is 0. The van der Waals surface area contributed by atoms with Crippen LogP contribution in [0, 0.1) is 6.92 Å². The fourth-order valence-corrected chi connectivity index (χ4v) is 3.98. The molecule has 1 fully saturated rings. The fourth-order valence-electron chi connectivity index (χ4n) is 3.98. The van der Waals surface area contributed by atoms with Crippen molar-refractivity contribution in [3.8, 4) is 0 Å². The van der Waals surface area contributed by atoms with E-state index in [0.29, 0.717) is 12.7 Å². The van der Waals surface area contributed by atoms with E-state index in [4.69, 9.17) is 9.72 Å². The van der Waals surface area contributed by atoms with Crippen molar-refractivity contribution in [1.29, 1.82) is 0 Å². The van der Waals surface area contributed by atoms with Crippen LogP contribution in [0.15, 0.2) is 30.3 Å². The van der Waals surface area contributed by atoms with Gasteiger partial charge in [-0.1, -0.05) is 30.3 Å². The lowest BCUT2D eigenvalue weighted by atomic mass is 9.95. The van der Waals surface area contributed by atoms with E-state index in [1.165, 1.54) is 35.5 Å². The molecule has 0 radical (unpaired) electrons. The zero-order chi connectivity index (χ0) is 17.1. The predicted molar refractivity (Wildman–Crippen MR) is 99.9 cm³/mol. The van der Waals surface area contributed by atoms with Crippen LogP contribution < -0.4 is 4.90 Å². The van der Waals surface area contributed by atoms with Crippen LogP contribution in [0.2, 0.25) is 0 Å². The number of hydrogen-bond acceptors (Lipinski definition) is 4. The molecule has 1 aliphatic carbocycles. The maximum Gasteiger partial charge on any atom is 0.135 e. The Balaban J connectivity index is 1.38. The van der Waals surface area contributed by atoms with Gasteiger partial charge in [0.2, 0.25) is 0 Å². The van der Waals surface area contributed by atoms with E-state index >= 15 is 0 Å². The van der Waals surface area contributed by atoms with Crippen LogP contribution in [0.4, 0.5) is 5.82 Å². The highest BCUT2D eigenvalue weighted by Gasteiger charge is 2.25. The molecule has 1 aromatic heterocycles. The van der Waals surface area contributed by atoms with Gasteiger partial charge in [0.1, 0.15) is 11.6 Å². The highest BCUT2D eigenvalue weighted by Crippen LogP contribution is 2.30. The molecule has 4 nitrogen and oxygen atoms in total. The maximum absolute atomic E-state index is 6.13. The number of benzene rings is 1. The third-order valence-corrected chi connectivity index (χ3v) is 5.34. The van der Waals surface area contributed by atoms with Gasteiger partial charge in [0.05, 0.1) is 12.7 Å². The van der Waals surface area contributed by atoms with Crippen molar-refractivity contribution >= 4 is 5.82 Å². The number of hydrogen-bond donors (Lipinski definition) is 0. The highest BCUT2D eigenvalue weighted by atomic mass is 16.5. The summed E-state index contributed by atoms with van der Waals surface area (Å²) >= 11 is 0. The number of ether oxygens (including phenoxy) is 1. The number of rotatable bonds is 4. The van der Waals surface area contributed by atoms with Crippen molar-refractivity contribution in [3.63, 3.8) is 0 Å². The average Bonchev–Trinajstić information content (AvgIpc) is 2.67. The summed E-state index contributed by atoms with van der Waals surface area (Å²) in [5.41, 5.74) is 3.95. The molecular formula is C21H27N3O. The summed E-state index contributed by atoms with van der Waals surface area (Å²) in [5.74, 6) is 2.11. The summed E-state index contributed by atoms with van der Waals surface area (Å²) < 4.78 is 6.13. The minimum atomic E-state index is 0.357. The zero-order valence-corrected chi connectivity index (χ0v) is 15.1. The standard InChI is InChI=1S/C21H27N3O/c1-16-22-20-10-6-5-9-19(20)21(23-16)24-13-11-18(12-14-24)25-15-17-7-3-2-4-8-17/h2-4,7-8,18H,5-6,9-15H2,1H3. The molecule has 0 amide bonds. The van der Waals surface area contributed by atoms with Crippen LogP contribution in [0.5, 0.6) is 0 Å². The van der Waals surface area contributed by atoms with Gasteiger partial charge in [0.25, 0.3) is 0 Å². The number of nitrogens with zero attached hydrogens (tertiary/aromatic N) is 3. The van der Waals surface area contributed by atoms with Gasteiger partial charge in [0, 0.05) is 24.3 Å². The van der Waals surface area contributed by atoms with Crippen LogP contribution in [0.25, 0.3) is 0 Å². The first-order valence-electron chi connectivity index (χ1n) is 9.56. The van der Waals surface area contributed by atoms with Crippen LogP contribution in [0.1, 0.15) is 48.3 Å². The number of aromatic nitrogens is 2. The van der Waals surface area contributed by atoms with Gasteiger partial charge in [-0.25, -0.2) is 9.97 Å². The fraction of sp³-hybridized carbons (Fsp3) is 0.524. The number of fused-ring (bicyclic) bond motifs is 1. The molecular weight excluding hydrogens is 310 g/mol. The molecule has 0 bridgehead atoms. The molecule has 0 spiro atoms. The summed E-state index contributed by atoms with van der Waals surface area (Å²) in [6, 6.07) is 10.5. The average molecular weight is 337 g/mol. The first-order valence-corrected chi connectivity index (χ1v) is 9.56.